The minimum absolute atomic E-state index is 0.0528. The molecule has 3 heterocycles. The lowest BCUT2D eigenvalue weighted by atomic mass is 9.84. The first-order chi connectivity index (χ1) is 18.0. The predicted octanol–water partition coefficient (Wildman–Crippen LogP) is 5.11. The largest absolute Gasteiger partial charge is 0.460 e. The molecule has 0 atom stereocenters. The molecule has 1 fully saturated rings. The zero-order chi connectivity index (χ0) is 27.4. The van der Waals surface area contributed by atoms with Crippen molar-refractivity contribution in [2.24, 2.45) is 5.92 Å². The maximum Gasteiger partial charge on any atom is 0.306 e. The van der Waals surface area contributed by atoms with Crippen LogP contribution in [0.25, 0.3) is 16.9 Å². The number of carbonyl (C=O) groups excluding carboxylic acids is 2. The Balaban J connectivity index is 1.45. The van der Waals surface area contributed by atoms with E-state index in [1.807, 2.05) is 52.8 Å². The highest BCUT2D eigenvalue weighted by Gasteiger charge is 2.27. The van der Waals surface area contributed by atoms with Gasteiger partial charge in [0, 0.05) is 24.7 Å². The van der Waals surface area contributed by atoms with Gasteiger partial charge in [-0.05, 0) is 90.5 Å². The fourth-order valence-electron chi connectivity index (χ4n) is 4.85. The maximum atomic E-state index is 13.3. The lowest BCUT2D eigenvalue weighted by Crippen LogP contribution is -2.38. The Morgan fingerprint density at radius 3 is 2.55 bits per heavy atom. The zero-order valence-corrected chi connectivity index (χ0v) is 22.7. The van der Waals surface area contributed by atoms with Gasteiger partial charge in [0.15, 0.2) is 0 Å². The molecule has 1 aliphatic carbocycles. The highest BCUT2D eigenvalue weighted by molar-refractivity contribution is 6.00. The number of amides is 1. The number of nitriles is 1. The van der Waals surface area contributed by atoms with Gasteiger partial charge in [-0.3, -0.25) is 14.6 Å². The van der Waals surface area contributed by atoms with Crippen molar-refractivity contribution < 1.29 is 14.3 Å². The van der Waals surface area contributed by atoms with Crippen molar-refractivity contribution in [3.63, 3.8) is 0 Å². The monoisotopic (exact) mass is 516 g/mol. The molecule has 9 heteroatoms. The summed E-state index contributed by atoms with van der Waals surface area (Å²) in [6, 6.07) is 9.70. The van der Waals surface area contributed by atoms with E-state index in [1.54, 1.807) is 16.8 Å². The number of hydrogen-bond acceptors (Lipinski definition) is 7. The third kappa shape index (κ3) is 6.68. The van der Waals surface area contributed by atoms with Crippen LogP contribution in [0.15, 0.2) is 36.7 Å². The fourth-order valence-corrected chi connectivity index (χ4v) is 4.85. The number of nitrogens with zero attached hydrogens (tertiary/aromatic N) is 4. The van der Waals surface area contributed by atoms with Crippen molar-refractivity contribution in [3.8, 4) is 17.5 Å². The molecule has 0 bridgehead atoms. The minimum Gasteiger partial charge on any atom is -0.460 e. The summed E-state index contributed by atoms with van der Waals surface area (Å²) in [4.78, 5) is 30.1. The van der Waals surface area contributed by atoms with Crippen LogP contribution in [0.2, 0.25) is 0 Å². The average molecular weight is 517 g/mol. The molecular weight excluding hydrogens is 480 g/mol. The van der Waals surface area contributed by atoms with Crippen molar-refractivity contribution in [3.05, 3.63) is 47.8 Å². The molecule has 4 rings (SSSR count). The molecule has 1 amide bonds. The number of aromatic nitrogens is 3. The summed E-state index contributed by atoms with van der Waals surface area (Å²) in [6.45, 7) is 9.68. The normalized spacial score (nSPS) is 17.7. The van der Waals surface area contributed by atoms with E-state index in [0.717, 1.165) is 36.9 Å². The van der Waals surface area contributed by atoms with Gasteiger partial charge < -0.3 is 15.4 Å². The smallest absolute Gasteiger partial charge is 0.306 e. The lowest BCUT2D eigenvalue weighted by molar-refractivity contribution is -0.156. The Morgan fingerprint density at radius 1 is 1.16 bits per heavy atom. The summed E-state index contributed by atoms with van der Waals surface area (Å²) in [6.07, 6.45) is 6.95. The third-order valence-corrected chi connectivity index (χ3v) is 6.54. The second-order valence-electron chi connectivity index (χ2n) is 11.3. The SMILES string of the molecule is CC(C)Nc1cc(-c2ccc3cc(C#N)cnn23)ncc1C(=O)NC1CCC(CC(=O)OC(C)(C)C)CC1. The average Bonchev–Trinajstić information content (AvgIpc) is 3.26. The summed E-state index contributed by atoms with van der Waals surface area (Å²) >= 11 is 0. The van der Waals surface area contributed by atoms with Gasteiger partial charge in [-0.2, -0.15) is 10.4 Å². The summed E-state index contributed by atoms with van der Waals surface area (Å²) in [7, 11) is 0. The van der Waals surface area contributed by atoms with E-state index in [9.17, 15) is 9.59 Å². The minimum atomic E-state index is -0.473. The molecule has 0 spiro atoms. The first-order valence-corrected chi connectivity index (χ1v) is 13.2. The number of hydrogen-bond donors (Lipinski definition) is 2. The van der Waals surface area contributed by atoms with Gasteiger partial charge in [-0.15, -0.1) is 0 Å². The number of pyridine rings is 1. The van der Waals surface area contributed by atoms with Crippen molar-refractivity contribution >= 4 is 23.1 Å². The van der Waals surface area contributed by atoms with Crippen LogP contribution in [0.1, 0.15) is 82.6 Å². The molecule has 200 valence electrons. The Morgan fingerprint density at radius 2 is 1.89 bits per heavy atom. The Labute approximate surface area is 223 Å². The topological polar surface area (TPSA) is 121 Å². The van der Waals surface area contributed by atoms with E-state index in [-0.39, 0.29) is 29.9 Å². The number of carbonyl (C=O) groups is 2. The lowest BCUT2D eigenvalue weighted by Gasteiger charge is -2.29. The van der Waals surface area contributed by atoms with Gasteiger partial charge in [0.2, 0.25) is 0 Å². The molecule has 2 N–H and O–H groups in total. The highest BCUT2D eigenvalue weighted by atomic mass is 16.6. The van der Waals surface area contributed by atoms with E-state index in [0.29, 0.717) is 28.9 Å². The summed E-state index contributed by atoms with van der Waals surface area (Å²) in [5, 5.41) is 20.1. The van der Waals surface area contributed by atoms with E-state index in [1.165, 1.54) is 6.20 Å². The molecule has 0 unspecified atom stereocenters. The van der Waals surface area contributed by atoms with Crippen LogP contribution in [-0.2, 0) is 9.53 Å². The first-order valence-electron chi connectivity index (χ1n) is 13.2. The predicted molar refractivity (Wildman–Crippen MR) is 146 cm³/mol. The quantitative estimate of drug-likeness (QED) is 0.419. The number of nitrogens with one attached hydrogen (secondary N) is 2. The fraction of sp³-hybridized carbons (Fsp3) is 0.483. The number of esters is 1. The van der Waals surface area contributed by atoms with Crippen LogP contribution in [0.5, 0.6) is 0 Å². The second kappa shape index (κ2) is 11.2. The molecular formula is C29H36N6O3. The van der Waals surface area contributed by atoms with Gasteiger partial charge in [-0.1, -0.05) is 0 Å². The standard InChI is InChI=1S/C29H36N6O3/c1-18(2)33-24-14-25(26-11-10-22-12-20(15-30)16-32-35(22)26)31-17-23(24)28(37)34-21-8-6-19(7-9-21)13-27(36)38-29(3,4)5/h10-12,14,16-19,21H,6-9,13H2,1-5H3,(H,31,33)(H,34,37). The number of ether oxygens (including phenoxy) is 1. The number of fused-ring (bicyclic) bond motifs is 1. The molecule has 0 aliphatic heterocycles. The van der Waals surface area contributed by atoms with Crippen molar-refractivity contribution in [2.75, 3.05) is 5.32 Å². The van der Waals surface area contributed by atoms with Crippen molar-refractivity contribution in [2.45, 2.75) is 84.4 Å². The Hall–Kier alpha value is -3.93. The van der Waals surface area contributed by atoms with Crippen LogP contribution in [0.3, 0.4) is 0 Å². The van der Waals surface area contributed by atoms with E-state index in [4.69, 9.17) is 10.00 Å². The van der Waals surface area contributed by atoms with Crippen LogP contribution in [0.4, 0.5) is 5.69 Å². The Bertz CT molecular complexity index is 1360. The molecule has 9 nitrogen and oxygen atoms in total. The van der Waals surface area contributed by atoms with Crippen LogP contribution in [0, 0.1) is 17.2 Å². The van der Waals surface area contributed by atoms with E-state index in [2.05, 4.69) is 26.8 Å². The zero-order valence-electron chi connectivity index (χ0n) is 22.7. The molecule has 3 aromatic heterocycles. The molecule has 0 saturated heterocycles. The van der Waals surface area contributed by atoms with Gasteiger partial charge in [-0.25, -0.2) is 4.52 Å². The third-order valence-electron chi connectivity index (χ3n) is 6.54. The van der Waals surface area contributed by atoms with Gasteiger partial charge in [0.05, 0.1) is 39.9 Å². The van der Waals surface area contributed by atoms with Crippen molar-refractivity contribution in [1.82, 2.24) is 19.9 Å². The van der Waals surface area contributed by atoms with Crippen LogP contribution >= 0.6 is 0 Å². The van der Waals surface area contributed by atoms with Gasteiger partial charge >= 0.3 is 5.97 Å². The van der Waals surface area contributed by atoms with Crippen LogP contribution < -0.4 is 10.6 Å². The van der Waals surface area contributed by atoms with Gasteiger partial charge in [0.25, 0.3) is 5.91 Å². The molecule has 1 saturated carbocycles. The van der Waals surface area contributed by atoms with Crippen LogP contribution in [-0.4, -0.2) is 44.2 Å². The number of rotatable bonds is 7. The first kappa shape index (κ1) is 27.1. The van der Waals surface area contributed by atoms with E-state index < -0.39 is 5.60 Å². The van der Waals surface area contributed by atoms with E-state index >= 15 is 0 Å². The molecule has 3 aromatic rings. The molecule has 38 heavy (non-hydrogen) atoms. The van der Waals surface area contributed by atoms with Crippen molar-refractivity contribution in [1.29, 1.82) is 5.26 Å². The summed E-state index contributed by atoms with van der Waals surface area (Å²) in [5.41, 5.74) is 3.44. The molecule has 0 radical (unpaired) electrons. The maximum absolute atomic E-state index is 13.3. The Kier molecular flexibility index (Phi) is 8.00. The molecule has 0 aromatic carbocycles. The highest BCUT2D eigenvalue weighted by Crippen LogP contribution is 2.29. The summed E-state index contributed by atoms with van der Waals surface area (Å²) < 4.78 is 7.20. The summed E-state index contributed by atoms with van der Waals surface area (Å²) in [5.74, 6) is -0.0385. The van der Waals surface area contributed by atoms with Gasteiger partial charge in [0.1, 0.15) is 11.7 Å². The number of anilines is 1. The second-order valence-corrected chi connectivity index (χ2v) is 11.3. The molecule has 1 aliphatic rings.